The number of thioether (sulfide) groups is 1. The summed E-state index contributed by atoms with van der Waals surface area (Å²) in [5, 5.41) is 0. The molecule has 1 aromatic carbocycles. The highest BCUT2D eigenvalue weighted by atomic mass is 32.2. The summed E-state index contributed by atoms with van der Waals surface area (Å²) in [7, 11) is 3.85. The van der Waals surface area contributed by atoms with Crippen molar-refractivity contribution in [1.82, 2.24) is 9.80 Å². The molecule has 0 N–H and O–H groups in total. The maximum absolute atomic E-state index is 11.9. The molecule has 1 atom stereocenters. The van der Waals surface area contributed by atoms with E-state index in [0.717, 1.165) is 25.3 Å². The van der Waals surface area contributed by atoms with Crippen LogP contribution in [0.3, 0.4) is 0 Å². The van der Waals surface area contributed by atoms with Crippen molar-refractivity contribution in [3.05, 3.63) is 24.3 Å². The van der Waals surface area contributed by atoms with Gasteiger partial charge in [0.2, 0.25) is 5.91 Å². The Bertz CT molecular complexity index is 450. The van der Waals surface area contributed by atoms with Crippen molar-refractivity contribution >= 4 is 17.7 Å². The van der Waals surface area contributed by atoms with Crippen molar-refractivity contribution in [2.24, 2.45) is 0 Å². The number of hydrogen-bond acceptors (Lipinski definition) is 4. The standard InChI is InChI=1S/C15H22N2O2S/c1-16(14-8-9-17(2)15(14)18)10-11-19-12-4-6-13(20-3)7-5-12/h4-7,14H,8-11H2,1-3H3/t14-/m0/s1. The van der Waals surface area contributed by atoms with E-state index in [1.807, 2.05) is 26.2 Å². The molecule has 0 saturated carbocycles. The third-order valence-electron chi connectivity index (χ3n) is 3.70. The largest absolute Gasteiger partial charge is 0.492 e. The Balaban J connectivity index is 1.76. The molecule has 1 aliphatic rings. The van der Waals surface area contributed by atoms with Crippen LogP contribution < -0.4 is 4.74 Å². The molecule has 1 saturated heterocycles. The van der Waals surface area contributed by atoms with E-state index in [1.165, 1.54) is 4.90 Å². The van der Waals surface area contributed by atoms with Gasteiger partial charge in [0.1, 0.15) is 12.4 Å². The number of benzene rings is 1. The fraction of sp³-hybridized carbons (Fsp3) is 0.533. The molecule has 0 bridgehead atoms. The van der Waals surface area contributed by atoms with Crippen molar-refractivity contribution in [1.29, 1.82) is 0 Å². The molecule has 1 aromatic rings. The van der Waals surface area contributed by atoms with Crippen LogP contribution in [-0.2, 0) is 4.79 Å². The molecule has 1 aliphatic heterocycles. The first-order chi connectivity index (χ1) is 9.61. The van der Waals surface area contributed by atoms with Gasteiger partial charge in [0, 0.05) is 25.0 Å². The van der Waals surface area contributed by atoms with E-state index in [9.17, 15) is 4.79 Å². The van der Waals surface area contributed by atoms with Gasteiger partial charge in [0.05, 0.1) is 6.04 Å². The normalized spacial score (nSPS) is 18.9. The smallest absolute Gasteiger partial charge is 0.239 e. The Kier molecular flexibility index (Phi) is 5.31. The van der Waals surface area contributed by atoms with Gasteiger partial charge in [-0.25, -0.2) is 0 Å². The van der Waals surface area contributed by atoms with Gasteiger partial charge in [-0.15, -0.1) is 11.8 Å². The molecule has 110 valence electrons. The van der Waals surface area contributed by atoms with Gasteiger partial charge in [-0.2, -0.15) is 0 Å². The Labute approximate surface area is 125 Å². The van der Waals surface area contributed by atoms with E-state index in [-0.39, 0.29) is 11.9 Å². The van der Waals surface area contributed by atoms with Gasteiger partial charge < -0.3 is 9.64 Å². The van der Waals surface area contributed by atoms with Gasteiger partial charge in [-0.3, -0.25) is 9.69 Å². The first kappa shape index (κ1) is 15.2. The van der Waals surface area contributed by atoms with Crippen molar-refractivity contribution in [2.45, 2.75) is 17.4 Å². The zero-order valence-corrected chi connectivity index (χ0v) is 13.2. The highest BCUT2D eigenvalue weighted by Gasteiger charge is 2.31. The number of amides is 1. The molecule has 1 fully saturated rings. The van der Waals surface area contributed by atoms with Crippen LogP contribution in [0.25, 0.3) is 0 Å². The van der Waals surface area contributed by atoms with Crippen LogP contribution >= 0.6 is 11.8 Å². The summed E-state index contributed by atoms with van der Waals surface area (Å²) < 4.78 is 5.72. The molecule has 0 unspecified atom stereocenters. The third-order valence-corrected chi connectivity index (χ3v) is 4.45. The molecule has 5 heteroatoms. The lowest BCUT2D eigenvalue weighted by molar-refractivity contribution is -0.130. The molecule has 0 aliphatic carbocycles. The predicted octanol–water partition coefficient (Wildman–Crippen LogP) is 1.95. The number of ether oxygens (including phenoxy) is 1. The summed E-state index contributed by atoms with van der Waals surface area (Å²) in [5.74, 6) is 1.10. The van der Waals surface area contributed by atoms with E-state index >= 15 is 0 Å². The Morgan fingerprint density at radius 1 is 1.40 bits per heavy atom. The minimum Gasteiger partial charge on any atom is -0.492 e. The lowest BCUT2D eigenvalue weighted by Gasteiger charge is -2.22. The lowest BCUT2D eigenvalue weighted by Crippen LogP contribution is -2.40. The van der Waals surface area contributed by atoms with Gasteiger partial charge in [-0.1, -0.05) is 0 Å². The minimum atomic E-state index is 0.0162. The second kappa shape index (κ2) is 6.99. The third kappa shape index (κ3) is 3.67. The number of nitrogens with zero attached hydrogens (tertiary/aromatic N) is 2. The summed E-state index contributed by atoms with van der Waals surface area (Å²) in [4.78, 5) is 17.0. The monoisotopic (exact) mass is 294 g/mol. The van der Waals surface area contributed by atoms with Crippen LogP contribution in [0.15, 0.2) is 29.2 Å². The van der Waals surface area contributed by atoms with Crippen molar-refractivity contribution in [3.8, 4) is 5.75 Å². The number of likely N-dealkylation sites (tertiary alicyclic amines) is 1. The van der Waals surface area contributed by atoms with E-state index in [4.69, 9.17) is 4.74 Å². The zero-order chi connectivity index (χ0) is 14.5. The molecule has 0 aromatic heterocycles. The quantitative estimate of drug-likeness (QED) is 0.751. The first-order valence-corrected chi connectivity index (χ1v) is 8.06. The molecule has 1 heterocycles. The Hall–Kier alpha value is -1.20. The van der Waals surface area contributed by atoms with E-state index in [2.05, 4.69) is 23.3 Å². The molecule has 0 spiro atoms. The average molecular weight is 294 g/mol. The molecule has 4 nitrogen and oxygen atoms in total. The Morgan fingerprint density at radius 3 is 2.65 bits per heavy atom. The number of rotatable bonds is 6. The molecule has 20 heavy (non-hydrogen) atoms. The lowest BCUT2D eigenvalue weighted by atomic mass is 10.2. The van der Waals surface area contributed by atoms with Crippen LogP contribution in [0.2, 0.25) is 0 Å². The number of hydrogen-bond donors (Lipinski definition) is 0. The van der Waals surface area contributed by atoms with Crippen LogP contribution in [0, 0.1) is 0 Å². The van der Waals surface area contributed by atoms with Crippen LogP contribution in [0.4, 0.5) is 0 Å². The second-order valence-corrected chi connectivity index (χ2v) is 5.95. The van der Waals surface area contributed by atoms with Gasteiger partial charge in [-0.05, 0) is 44.0 Å². The molecule has 0 radical (unpaired) electrons. The molecule has 2 rings (SSSR count). The maximum atomic E-state index is 11.9. The summed E-state index contributed by atoms with van der Waals surface area (Å²) in [5.41, 5.74) is 0. The van der Waals surface area contributed by atoms with E-state index < -0.39 is 0 Å². The number of carbonyl (C=O) groups excluding carboxylic acids is 1. The highest BCUT2D eigenvalue weighted by Crippen LogP contribution is 2.19. The van der Waals surface area contributed by atoms with Crippen molar-refractivity contribution in [3.63, 3.8) is 0 Å². The molecular weight excluding hydrogens is 272 g/mol. The summed E-state index contributed by atoms with van der Waals surface area (Å²) >= 11 is 1.72. The minimum absolute atomic E-state index is 0.0162. The predicted molar refractivity (Wildman–Crippen MR) is 82.4 cm³/mol. The summed E-state index contributed by atoms with van der Waals surface area (Å²) in [6.07, 6.45) is 2.97. The zero-order valence-electron chi connectivity index (χ0n) is 12.3. The first-order valence-electron chi connectivity index (χ1n) is 6.84. The fourth-order valence-corrected chi connectivity index (χ4v) is 2.76. The fourth-order valence-electron chi connectivity index (χ4n) is 2.35. The SMILES string of the molecule is CSc1ccc(OCCN(C)[C@H]2CCN(C)C2=O)cc1. The molecular formula is C15H22N2O2S. The van der Waals surface area contributed by atoms with Gasteiger partial charge in [0.15, 0.2) is 0 Å². The summed E-state index contributed by atoms with van der Waals surface area (Å²) in [6, 6.07) is 8.10. The van der Waals surface area contributed by atoms with Crippen molar-refractivity contribution in [2.75, 3.05) is 40.0 Å². The number of likely N-dealkylation sites (N-methyl/N-ethyl adjacent to an activating group) is 2. The average Bonchev–Trinajstić information content (AvgIpc) is 2.80. The van der Waals surface area contributed by atoms with Crippen molar-refractivity contribution < 1.29 is 9.53 Å². The highest BCUT2D eigenvalue weighted by molar-refractivity contribution is 7.98. The van der Waals surface area contributed by atoms with Crippen LogP contribution in [0.5, 0.6) is 5.75 Å². The van der Waals surface area contributed by atoms with Gasteiger partial charge in [0.25, 0.3) is 0 Å². The van der Waals surface area contributed by atoms with Crippen LogP contribution in [-0.4, -0.2) is 61.8 Å². The second-order valence-electron chi connectivity index (χ2n) is 5.07. The summed E-state index contributed by atoms with van der Waals surface area (Å²) in [6.45, 7) is 2.21. The maximum Gasteiger partial charge on any atom is 0.239 e. The Morgan fingerprint density at radius 2 is 2.10 bits per heavy atom. The van der Waals surface area contributed by atoms with Gasteiger partial charge >= 0.3 is 0 Å². The van der Waals surface area contributed by atoms with E-state index in [1.54, 1.807) is 16.7 Å². The molecule has 1 amide bonds. The van der Waals surface area contributed by atoms with E-state index in [0.29, 0.717) is 6.61 Å². The van der Waals surface area contributed by atoms with Crippen LogP contribution in [0.1, 0.15) is 6.42 Å². The number of carbonyl (C=O) groups is 1. The topological polar surface area (TPSA) is 32.8 Å².